The van der Waals surface area contributed by atoms with Crippen LogP contribution in [-0.2, 0) is 23.7 Å². The summed E-state index contributed by atoms with van der Waals surface area (Å²) in [5.74, 6) is 3.63. The van der Waals surface area contributed by atoms with E-state index in [1.807, 2.05) is 0 Å². The van der Waals surface area contributed by atoms with Crippen LogP contribution in [0.2, 0.25) is 0 Å². The standard InChI is InChI=1S/C39H63NO12/c1-18-7-12-39(40-15-18)19(2)28-25(52-39)14-24-22-6-5-20-13-21(8-10-37(20,3)23(22)9-11-38(24,28)4)48-36-33(47)34(30(44)27(17-42)50-36)51-35-32(46)31(45)29(43)26(16-41)49-35/h5,18-19,21-36,40-47H,6-17H2,1-4H3/t18?,19?,21-,22?,23?,24?,25?,26+,27+,28?,29+,30-,31-,32+,33+,34-,35-,36+,37-,38-,39?/m0/s1. The van der Waals surface area contributed by atoms with Gasteiger partial charge in [0.05, 0.1) is 25.4 Å². The molecule has 4 heterocycles. The van der Waals surface area contributed by atoms with Crippen molar-refractivity contribution in [3.8, 4) is 0 Å². The molecule has 1 spiro atoms. The quantitative estimate of drug-likeness (QED) is 0.179. The maximum Gasteiger partial charge on any atom is 0.187 e. The summed E-state index contributed by atoms with van der Waals surface area (Å²) in [5, 5.41) is 76.8. The van der Waals surface area contributed by atoms with E-state index in [0.717, 1.165) is 38.6 Å². The Hall–Kier alpha value is -0.780. The molecule has 52 heavy (non-hydrogen) atoms. The molecule has 296 valence electrons. The van der Waals surface area contributed by atoms with Crippen LogP contribution in [0.5, 0.6) is 0 Å². The fourth-order valence-electron chi connectivity index (χ4n) is 12.8. The lowest BCUT2D eigenvalue weighted by Gasteiger charge is -2.59. The molecule has 0 bridgehead atoms. The molecule has 8 rings (SSSR count). The zero-order valence-electron chi connectivity index (χ0n) is 31.1. The third-order valence-corrected chi connectivity index (χ3v) is 15.8. The summed E-state index contributed by atoms with van der Waals surface area (Å²) >= 11 is 0. The number of ether oxygens (including phenoxy) is 5. The van der Waals surface area contributed by atoms with Crippen LogP contribution < -0.4 is 5.32 Å². The second-order valence-electron chi connectivity index (χ2n) is 18.4. The summed E-state index contributed by atoms with van der Waals surface area (Å²) in [7, 11) is 0. The maximum atomic E-state index is 11.4. The lowest BCUT2D eigenvalue weighted by atomic mass is 9.47. The fourth-order valence-corrected chi connectivity index (χ4v) is 12.8. The van der Waals surface area contributed by atoms with Crippen molar-refractivity contribution >= 4 is 0 Å². The zero-order valence-corrected chi connectivity index (χ0v) is 31.1. The van der Waals surface area contributed by atoms with Gasteiger partial charge in [0.1, 0.15) is 54.6 Å². The number of hydrogen-bond acceptors (Lipinski definition) is 13. The summed E-state index contributed by atoms with van der Waals surface area (Å²) in [6.45, 7) is 9.61. The molecule has 8 aliphatic rings. The normalized spacial score (nSPS) is 57.5. The van der Waals surface area contributed by atoms with Crippen molar-refractivity contribution in [3.63, 3.8) is 0 Å². The van der Waals surface area contributed by atoms with Gasteiger partial charge in [-0.3, -0.25) is 5.32 Å². The first-order chi connectivity index (χ1) is 24.7. The molecule has 4 saturated heterocycles. The van der Waals surface area contributed by atoms with Crippen molar-refractivity contribution in [2.75, 3.05) is 19.8 Å². The SMILES string of the molecule is CC1CCC2(NC1)OC1CC3C4CC=C5C[C@@H](O[C@@H]6O[C@H](CO)[C@H](O)[C@H](O[C@@H]7O[C@H](CO)[C@@H](O)[C@H](O)[C@H]7O)[C@H]6O)CC[C@]5(C)C4CC[C@]3(C)C1C2C. The van der Waals surface area contributed by atoms with E-state index in [-0.39, 0.29) is 22.7 Å². The second-order valence-corrected chi connectivity index (χ2v) is 18.4. The first-order valence-corrected chi connectivity index (χ1v) is 20.1. The van der Waals surface area contributed by atoms with Gasteiger partial charge in [0.25, 0.3) is 0 Å². The summed E-state index contributed by atoms with van der Waals surface area (Å²) in [6.07, 6.45) is -2.81. The predicted molar refractivity (Wildman–Crippen MR) is 185 cm³/mol. The van der Waals surface area contributed by atoms with Crippen LogP contribution in [0.4, 0.5) is 0 Å². The van der Waals surface area contributed by atoms with Crippen LogP contribution in [0.25, 0.3) is 0 Å². The molecule has 0 amide bonds. The first-order valence-electron chi connectivity index (χ1n) is 20.1. The van der Waals surface area contributed by atoms with Crippen molar-refractivity contribution in [1.82, 2.24) is 5.32 Å². The van der Waals surface area contributed by atoms with E-state index in [4.69, 9.17) is 23.7 Å². The molecule has 4 aliphatic carbocycles. The highest BCUT2D eigenvalue weighted by Crippen LogP contribution is 2.70. The molecule has 7 fully saturated rings. The maximum absolute atomic E-state index is 11.4. The van der Waals surface area contributed by atoms with E-state index >= 15 is 0 Å². The lowest BCUT2D eigenvalue weighted by Crippen LogP contribution is -2.65. The van der Waals surface area contributed by atoms with Crippen LogP contribution in [0, 0.1) is 46.3 Å². The monoisotopic (exact) mass is 737 g/mol. The number of fused-ring (bicyclic) bond motifs is 7. The summed E-state index contributed by atoms with van der Waals surface area (Å²) < 4.78 is 30.6. The Kier molecular flexibility index (Phi) is 10.3. The predicted octanol–water partition coefficient (Wildman–Crippen LogP) is 0.935. The third-order valence-electron chi connectivity index (χ3n) is 15.8. The van der Waals surface area contributed by atoms with Crippen molar-refractivity contribution in [1.29, 1.82) is 0 Å². The molecule has 4 aliphatic heterocycles. The van der Waals surface area contributed by atoms with Gasteiger partial charge in [-0.2, -0.15) is 0 Å². The highest BCUT2D eigenvalue weighted by molar-refractivity contribution is 5.26. The summed E-state index contributed by atoms with van der Waals surface area (Å²) in [6, 6.07) is 0. The summed E-state index contributed by atoms with van der Waals surface area (Å²) in [4.78, 5) is 0. The van der Waals surface area contributed by atoms with Crippen LogP contribution in [0.1, 0.15) is 85.5 Å². The summed E-state index contributed by atoms with van der Waals surface area (Å²) in [5.41, 5.74) is 1.57. The van der Waals surface area contributed by atoms with Gasteiger partial charge in [-0.15, -0.1) is 0 Å². The molecular formula is C39H63NO12. The van der Waals surface area contributed by atoms with E-state index < -0.39 is 74.6 Å². The molecule has 8 unspecified atom stereocenters. The largest absolute Gasteiger partial charge is 0.394 e. The minimum absolute atomic E-state index is 0.0567. The minimum atomic E-state index is -1.73. The Labute approximate surface area is 307 Å². The van der Waals surface area contributed by atoms with Gasteiger partial charge in [0, 0.05) is 12.5 Å². The number of aliphatic hydroxyl groups excluding tert-OH is 7. The number of aliphatic hydroxyl groups is 7. The van der Waals surface area contributed by atoms with Crippen molar-refractivity contribution in [3.05, 3.63) is 11.6 Å². The van der Waals surface area contributed by atoms with Crippen LogP contribution in [-0.4, -0.2) is 135 Å². The van der Waals surface area contributed by atoms with Gasteiger partial charge in [-0.25, -0.2) is 0 Å². The average Bonchev–Trinajstić information content (AvgIpc) is 3.58. The number of nitrogens with one attached hydrogen (secondary N) is 1. The molecule has 0 aromatic carbocycles. The Morgan fingerprint density at radius 3 is 2.21 bits per heavy atom. The topological polar surface area (TPSA) is 200 Å². The molecule has 0 aromatic heterocycles. The highest BCUT2D eigenvalue weighted by atomic mass is 16.7. The Morgan fingerprint density at radius 1 is 0.808 bits per heavy atom. The van der Waals surface area contributed by atoms with Gasteiger partial charge >= 0.3 is 0 Å². The van der Waals surface area contributed by atoms with E-state index in [1.165, 1.54) is 24.8 Å². The number of hydrogen-bond donors (Lipinski definition) is 8. The third kappa shape index (κ3) is 5.90. The van der Waals surface area contributed by atoms with E-state index in [0.29, 0.717) is 48.0 Å². The smallest absolute Gasteiger partial charge is 0.187 e. The second kappa shape index (κ2) is 14.0. The van der Waals surface area contributed by atoms with E-state index in [2.05, 4.69) is 39.1 Å². The number of allylic oxidation sites excluding steroid dienone is 1. The van der Waals surface area contributed by atoms with Gasteiger partial charge in [-0.1, -0.05) is 39.3 Å². The lowest BCUT2D eigenvalue weighted by molar-refractivity contribution is -0.364. The van der Waals surface area contributed by atoms with Gasteiger partial charge in [-0.05, 0) is 98.2 Å². The Morgan fingerprint density at radius 2 is 1.52 bits per heavy atom. The van der Waals surface area contributed by atoms with Crippen LogP contribution in [0.15, 0.2) is 11.6 Å². The number of rotatable bonds is 6. The molecule has 0 aromatic rings. The Balaban J connectivity index is 0.938. The van der Waals surface area contributed by atoms with Crippen LogP contribution in [0.3, 0.4) is 0 Å². The van der Waals surface area contributed by atoms with E-state index in [9.17, 15) is 35.7 Å². The average molecular weight is 738 g/mol. The zero-order chi connectivity index (χ0) is 36.9. The Bertz CT molecular complexity index is 1330. The fraction of sp³-hybridized carbons (Fsp3) is 0.949. The molecule has 13 nitrogen and oxygen atoms in total. The number of piperidine rings is 1. The molecule has 8 N–H and O–H groups in total. The van der Waals surface area contributed by atoms with Gasteiger partial charge in [0.15, 0.2) is 12.6 Å². The minimum Gasteiger partial charge on any atom is -0.394 e. The molecule has 3 saturated carbocycles. The van der Waals surface area contributed by atoms with Crippen molar-refractivity contribution < 1.29 is 59.4 Å². The van der Waals surface area contributed by atoms with Gasteiger partial charge < -0.3 is 59.4 Å². The van der Waals surface area contributed by atoms with Crippen LogP contribution >= 0.6 is 0 Å². The van der Waals surface area contributed by atoms with Gasteiger partial charge in [0.2, 0.25) is 0 Å². The molecular weight excluding hydrogens is 674 g/mol. The molecule has 0 radical (unpaired) electrons. The van der Waals surface area contributed by atoms with Crippen molar-refractivity contribution in [2.45, 2.75) is 165 Å². The first kappa shape index (κ1) is 38.1. The van der Waals surface area contributed by atoms with Crippen molar-refractivity contribution in [2.24, 2.45) is 46.3 Å². The van der Waals surface area contributed by atoms with E-state index in [1.54, 1.807) is 0 Å². The highest BCUT2D eigenvalue weighted by Gasteiger charge is 2.68. The molecule has 13 heteroatoms. The molecule has 21 atom stereocenters.